The Morgan fingerprint density at radius 3 is 2.79 bits per heavy atom. The summed E-state index contributed by atoms with van der Waals surface area (Å²) in [6.07, 6.45) is 5.76. The van der Waals surface area contributed by atoms with E-state index in [0.717, 1.165) is 16.7 Å². The van der Waals surface area contributed by atoms with E-state index in [-0.39, 0.29) is 12.5 Å². The molecular weight excluding hydrogens is 306 g/mol. The highest BCUT2D eigenvalue weighted by atomic mass is 79.9. The normalized spacial score (nSPS) is 12.1. The molecular formula is C14H16BrN3O. The standard InChI is InChI=1S/C14H16BrN3O/c15-13-4-2-1-3-12(13)7-11(10-19)8-18-14-9-16-5-6-17-14/h1-6,9,11,19H,7-8,10H2,(H,17,18)/t11-/m0/s1. The van der Waals surface area contributed by atoms with Gasteiger partial charge < -0.3 is 10.4 Å². The van der Waals surface area contributed by atoms with Crippen molar-refractivity contribution in [2.45, 2.75) is 6.42 Å². The van der Waals surface area contributed by atoms with Crippen molar-refractivity contribution >= 4 is 21.7 Å². The number of benzene rings is 1. The zero-order valence-electron chi connectivity index (χ0n) is 10.5. The SMILES string of the molecule is OC[C@H](CNc1cnccn1)Cc1ccccc1Br. The second-order valence-corrected chi connectivity index (χ2v) is 5.17. The molecule has 0 aliphatic rings. The molecule has 0 aliphatic carbocycles. The van der Waals surface area contributed by atoms with Crippen LogP contribution >= 0.6 is 15.9 Å². The smallest absolute Gasteiger partial charge is 0.144 e. The Kier molecular flexibility index (Phi) is 5.30. The van der Waals surface area contributed by atoms with Crippen molar-refractivity contribution in [3.05, 3.63) is 52.9 Å². The molecule has 0 radical (unpaired) electrons. The summed E-state index contributed by atoms with van der Waals surface area (Å²) in [5.41, 5.74) is 1.20. The summed E-state index contributed by atoms with van der Waals surface area (Å²) < 4.78 is 1.08. The first kappa shape index (κ1) is 14.0. The third-order valence-corrected chi connectivity index (χ3v) is 3.63. The molecule has 5 heteroatoms. The van der Waals surface area contributed by atoms with Crippen molar-refractivity contribution in [3.8, 4) is 0 Å². The molecule has 0 bridgehead atoms. The van der Waals surface area contributed by atoms with Crippen molar-refractivity contribution in [2.24, 2.45) is 5.92 Å². The van der Waals surface area contributed by atoms with Gasteiger partial charge in [0.15, 0.2) is 0 Å². The van der Waals surface area contributed by atoms with E-state index < -0.39 is 0 Å². The highest BCUT2D eigenvalue weighted by molar-refractivity contribution is 9.10. The largest absolute Gasteiger partial charge is 0.396 e. The Balaban J connectivity index is 1.92. The molecule has 0 amide bonds. The topological polar surface area (TPSA) is 58.0 Å². The number of halogens is 1. The summed E-state index contributed by atoms with van der Waals surface area (Å²) >= 11 is 3.53. The van der Waals surface area contributed by atoms with E-state index in [1.807, 2.05) is 18.2 Å². The molecule has 0 saturated carbocycles. The molecule has 0 fully saturated rings. The summed E-state index contributed by atoms with van der Waals surface area (Å²) in [5.74, 6) is 0.869. The van der Waals surface area contributed by atoms with Gasteiger partial charge in [-0.05, 0) is 18.1 Å². The lowest BCUT2D eigenvalue weighted by molar-refractivity contribution is 0.232. The molecule has 1 aromatic heterocycles. The van der Waals surface area contributed by atoms with Gasteiger partial charge in [0.25, 0.3) is 0 Å². The lowest BCUT2D eigenvalue weighted by atomic mass is 10.00. The van der Waals surface area contributed by atoms with Crippen molar-refractivity contribution < 1.29 is 5.11 Å². The highest BCUT2D eigenvalue weighted by Crippen LogP contribution is 2.19. The summed E-state index contributed by atoms with van der Waals surface area (Å²) in [6.45, 7) is 0.797. The van der Waals surface area contributed by atoms with Crippen LogP contribution in [0.15, 0.2) is 47.3 Å². The molecule has 0 aliphatic heterocycles. The number of hydrogen-bond acceptors (Lipinski definition) is 4. The van der Waals surface area contributed by atoms with Crippen LogP contribution in [-0.4, -0.2) is 28.2 Å². The number of hydrogen-bond donors (Lipinski definition) is 2. The van der Waals surface area contributed by atoms with Gasteiger partial charge in [-0.25, -0.2) is 4.98 Å². The predicted molar refractivity (Wildman–Crippen MR) is 78.9 cm³/mol. The summed E-state index contributed by atoms with van der Waals surface area (Å²) in [5, 5.41) is 12.7. The number of anilines is 1. The van der Waals surface area contributed by atoms with Crippen LogP contribution in [0.25, 0.3) is 0 Å². The Bertz CT molecular complexity index is 507. The quantitative estimate of drug-likeness (QED) is 0.858. The average Bonchev–Trinajstić information content (AvgIpc) is 2.46. The van der Waals surface area contributed by atoms with Crippen molar-refractivity contribution in [3.63, 3.8) is 0 Å². The van der Waals surface area contributed by atoms with Crippen molar-refractivity contribution in [1.82, 2.24) is 9.97 Å². The number of aliphatic hydroxyl groups is 1. The van der Waals surface area contributed by atoms with Crippen LogP contribution in [0.4, 0.5) is 5.82 Å². The van der Waals surface area contributed by atoms with E-state index in [1.54, 1.807) is 18.6 Å². The van der Waals surface area contributed by atoms with Crippen molar-refractivity contribution in [1.29, 1.82) is 0 Å². The summed E-state index contributed by atoms with van der Waals surface area (Å²) in [6, 6.07) is 8.07. The maximum absolute atomic E-state index is 9.46. The van der Waals surface area contributed by atoms with Gasteiger partial charge in [-0.3, -0.25) is 4.98 Å². The maximum atomic E-state index is 9.46. The van der Waals surface area contributed by atoms with Crippen LogP contribution in [0.2, 0.25) is 0 Å². The molecule has 2 rings (SSSR count). The van der Waals surface area contributed by atoms with Gasteiger partial charge in [0.05, 0.1) is 6.20 Å². The van der Waals surface area contributed by atoms with Gasteiger partial charge in [0, 0.05) is 35.9 Å². The lowest BCUT2D eigenvalue weighted by Gasteiger charge is -2.16. The second kappa shape index (κ2) is 7.21. The fourth-order valence-corrected chi connectivity index (χ4v) is 2.26. The Hall–Kier alpha value is -1.46. The minimum absolute atomic E-state index is 0.134. The molecule has 1 aromatic carbocycles. The Morgan fingerprint density at radius 1 is 1.26 bits per heavy atom. The van der Waals surface area contributed by atoms with E-state index in [4.69, 9.17) is 0 Å². The first-order valence-electron chi connectivity index (χ1n) is 6.13. The molecule has 0 unspecified atom stereocenters. The van der Waals surface area contributed by atoms with E-state index in [1.165, 1.54) is 5.56 Å². The third-order valence-electron chi connectivity index (χ3n) is 2.86. The lowest BCUT2D eigenvalue weighted by Crippen LogP contribution is -2.21. The van der Waals surface area contributed by atoms with Gasteiger partial charge in [0.2, 0.25) is 0 Å². The fourth-order valence-electron chi connectivity index (χ4n) is 1.82. The van der Waals surface area contributed by atoms with Crippen LogP contribution in [0.1, 0.15) is 5.56 Å². The molecule has 2 aromatic rings. The molecule has 1 heterocycles. The van der Waals surface area contributed by atoms with E-state index >= 15 is 0 Å². The van der Waals surface area contributed by atoms with E-state index in [2.05, 4.69) is 37.3 Å². The van der Waals surface area contributed by atoms with Gasteiger partial charge in [0.1, 0.15) is 5.82 Å². The van der Waals surface area contributed by atoms with Gasteiger partial charge in [-0.15, -0.1) is 0 Å². The molecule has 0 spiro atoms. The van der Waals surface area contributed by atoms with Gasteiger partial charge in [-0.1, -0.05) is 34.1 Å². The van der Waals surface area contributed by atoms with E-state index in [9.17, 15) is 5.11 Å². The first-order chi connectivity index (χ1) is 9.29. The number of nitrogens with one attached hydrogen (secondary N) is 1. The molecule has 19 heavy (non-hydrogen) atoms. The third kappa shape index (κ3) is 4.29. The molecule has 100 valence electrons. The molecule has 2 N–H and O–H groups in total. The number of aliphatic hydroxyl groups excluding tert-OH is 1. The van der Waals surface area contributed by atoms with Gasteiger partial charge >= 0.3 is 0 Å². The highest BCUT2D eigenvalue weighted by Gasteiger charge is 2.10. The maximum Gasteiger partial charge on any atom is 0.144 e. The van der Waals surface area contributed by atoms with Gasteiger partial charge in [-0.2, -0.15) is 0 Å². The minimum atomic E-state index is 0.134. The number of rotatable bonds is 6. The zero-order valence-corrected chi connectivity index (χ0v) is 12.0. The van der Waals surface area contributed by atoms with Crippen LogP contribution in [0, 0.1) is 5.92 Å². The fraction of sp³-hybridized carbons (Fsp3) is 0.286. The Labute approximate surface area is 121 Å². The number of nitrogens with zero attached hydrogens (tertiary/aromatic N) is 2. The average molecular weight is 322 g/mol. The van der Waals surface area contributed by atoms with Crippen LogP contribution in [-0.2, 0) is 6.42 Å². The second-order valence-electron chi connectivity index (χ2n) is 4.32. The van der Waals surface area contributed by atoms with Crippen LogP contribution < -0.4 is 5.32 Å². The predicted octanol–water partition coefficient (Wildman–Crippen LogP) is 2.50. The number of aromatic nitrogens is 2. The molecule has 1 atom stereocenters. The van der Waals surface area contributed by atoms with Crippen LogP contribution in [0.3, 0.4) is 0 Å². The summed E-state index contributed by atoms with van der Waals surface area (Å²) in [7, 11) is 0. The van der Waals surface area contributed by atoms with Crippen LogP contribution in [0.5, 0.6) is 0 Å². The van der Waals surface area contributed by atoms with E-state index in [0.29, 0.717) is 6.54 Å². The summed E-state index contributed by atoms with van der Waals surface area (Å²) in [4.78, 5) is 8.14. The molecule has 4 nitrogen and oxygen atoms in total. The Morgan fingerprint density at radius 2 is 2.11 bits per heavy atom. The zero-order chi connectivity index (χ0) is 13.5. The first-order valence-corrected chi connectivity index (χ1v) is 6.93. The van der Waals surface area contributed by atoms with Crippen molar-refractivity contribution in [2.75, 3.05) is 18.5 Å². The minimum Gasteiger partial charge on any atom is -0.396 e. The monoisotopic (exact) mass is 321 g/mol. The molecule has 0 saturated heterocycles.